The zero-order valence-electron chi connectivity index (χ0n) is 19.7. The van der Waals surface area contributed by atoms with Gasteiger partial charge in [0.2, 0.25) is 5.91 Å². The van der Waals surface area contributed by atoms with Crippen molar-refractivity contribution < 1.29 is 18.7 Å². The summed E-state index contributed by atoms with van der Waals surface area (Å²) < 4.78 is 18.9. The van der Waals surface area contributed by atoms with Crippen LogP contribution >= 0.6 is 0 Å². The summed E-state index contributed by atoms with van der Waals surface area (Å²) in [5.41, 5.74) is 2.77. The Morgan fingerprint density at radius 2 is 1.60 bits per heavy atom. The van der Waals surface area contributed by atoms with Gasteiger partial charge in [-0.1, -0.05) is 18.2 Å². The van der Waals surface area contributed by atoms with Gasteiger partial charge in [0.25, 0.3) is 5.91 Å². The van der Waals surface area contributed by atoms with E-state index in [0.29, 0.717) is 24.2 Å². The van der Waals surface area contributed by atoms with Gasteiger partial charge in [-0.25, -0.2) is 4.39 Å². The second-order valence-electron chi connectivity index (χ2n) is 8.27. The van der Waals surface area contributed by atoms with Crippen molar-refractivity contribution >= 4 is 23.2 Å². The molecular weight excluding hydrogens is 447 g/mol. The minimum Gasteiger partial charge on any atom is -0.497 e. The number of nitrogens with zero attached hydrogens (tertiary/aromatic N) is 2. The molecule has 182 valence electrons. The summed E-state index contributed by atoms with van der Waals surface area (Å²) in [4.78, 5) is 29.1. The maximum Gasteiger partial charge on any atom is 0.251 e. The molecule has 1 heterocycles. The van der Waals surface area contributed by atoms with E-state index in [9.17, 15) is 14.0 Å². The predicted molar refractivity (Wildman–Crippen MR) is 134 cm³/mol. The fourth-order valence-corrected chi connectivity index (χ4v) is 3.96. The van der Waals surface area contributed by atoms with Crippen molar-refractivity contribution in [3.05, 3.63) is 89.7 Å². The van der Waals surface area contributed by atoms with Crippen molar-refractivity contribution in [3.63, 3.8) is 0 Å². The maximum atomic E-state index is 13.7. The van der Waals surface area contributed by atoms with Gasteiger partial charge in [-0.15, -0.1) is 0 Å². The molecule has 2 N–H and O–H groups in total. The summed E-state index contributed by atoms with van der Waals surface area (Å²) >= 11 is 0. The van der Waals surface area contributed by atoms with E-state index in [4.69, 9.17) is 4.74 Å². The Hall–Kier alpha value is -4.07. The second kappa shape index (κ2) is 11.4. The van der Waals surface area contributed by atoms with E-state index < -0.39 is 0 Å². The molecule has 1 saturated heterocycles. The van der Waals surface area contributed by atoms with Crippen LogP contribution in [0, 0.1) is 5.82 Å². The Labute approximate surface area is 204 Å². The summed E-state index contributed by atoms with van der Waals surface area (Å²) in [6.45, 7) is 3.16. The van der Waals surface area contributed by atoms with Crippen LogP contribution in [0.4, 0.5) is 15.8 Å². The number of carbonyl (C=O) groups is 2. The lowest BCUT2D eigenvalue weighted by Crippen LogP contribution is -2.50. The van der Waals surface area contributed by atoms with Gasteiger partial charge in [-0.2, -0.15) is 0 Å². The molecule has 0 unspecified atom stereocenters. The lowest BCUT2D eigenvalue weighted by molar-refractivity contribution is -0.129. The zero-order chi connectivity index (χ0) is 24.6. The number of amides is 2. The van der Waals surface area contributed by atoms with Crippen LogP contribution in [0.3, 0.4) is 0 Å². The van der Waals surface area contributed by atoms with E-state index in [1.165, 1.54) is 6.07 Å². The van der Waals surface area contributed by atoms with Crippen LogP contribution in [0.25, 0.3) is 0 Å². The Balaban J connectivity index is 1.21. The van der Waals surface area contributed by atoms with Crippen LogP contribution in [0.2, 0.25) is 0 Å². The molecule has 0 spiro atoms. The molecule has 2 amide bonds. The van der Waals surface area contributed by atoms with Crippen molar-refractivity contribution in [3.8, 4) is 5.75 Å². The molecule has 7 nitrogen and oxygen atoms in total. The molecular formula is C27H29FN4O3. The van der Waals surface area contributed by atoms with Crippen molar-refractivity contribution in [1.29, 1.82) is 0 Å². The van der Waals surface area contributed by atoms with Crippen LogP contribution in [0.1, 0.15) is 15.9 Å². The summed E-state index contributed by atoms with van der Waals surface area (Å²) in [7, 11) is 1.65. The molecule has 4 rings (SSSR count). The normalized spacial score (nSPS) is 13.3. The van der Waals surface area contributed by atoms with Gasteiger partial charge in [0.05, 0.1) is 13.7 Å². The number of hydrogen-bond donors (Lipinski definition) is 2. The molecule has 35 heavy (non-hydrogen) atoms. The molecule has 0 bridgehead atoms. The fraction of sp³-hybridized carbons (Fsp3) is 0.259. The summed E-state index contributed by atoms with van der Waals surface area (Å²) in [6.07, 6.45) is 0. The third kappa shape index (κ3) is 6.29. The number of benzene rings is 3. The minimum absolute atomic E-state index is 0.0334. The van der Waals surface area contributed by atoms with Crippen molar-refractivity contribution in [2.24, 2.45) is 0 Å². The van der Waals surface area contributed by atoms with Crippen LogP contribution in [-0.4, -0.2) is 56.5 Å². The third-order valence-corrected chi connectivity index (χ3v) is 6.06. The predicted octanol–water partition coefficient (Wildman–Crippen LogP) is 3.53. The number of carbonyl (C=O) groups excluding carboxylic acids is 2. The van der Waals surface area contributed by atoms with Crippen LogP contribution < -0.4 is 20.3 Å². The molecule has 0 aromatic heterocycles. The monoisotopic (exact) mass is 476 g/mol. The Morgan fingerprint density at radius 3 is 2.26 bits per heavy atom. The lowest BCUT2D eigenvalue weighted by atomic mass is 10.1. The van der Waals surface area contributed by atoms with Crippen LogP contribution in [-0.2, 0) is 11.3 Å². The number of anilines is 2. The third-order valence-electron chi connectivity index (χ3n) is 6.06. The molecule has 0 saturated carbocycles. The lowest BCUT2D eigenvalue weighted by Gasteiger charge is -2.36. The summed E-state index contributed by atoms with van der Waals surface area (Å²) in [5.74, 6) is 0.223. The minimum atomic E-state index is -0.348. The van der Waals surface area contributed by atoms with Crippen LogP contribution in [0.5, 0.6) is 5.75 Å². The highest BCUT2D eigenvalue weighted by Gasteiger charge is 2.21. The topological polar surface area (TPSA) is 73.9 Å². The SMILES string of the molecule is COc1ccc(N2CCN(C(=O)CNc3ccc(C(=O)NCc4ccccc4F)cc3)CC2)cc1. The highest BCUT2D eigenvalue weighted by atomic mass is 19.1. The maximum absolute atomic E-state index is 13.7. The molecule has 1 aliphatic rings. The first kappa shape index (κ1) is 24.1. The highest BCUT2D eigenvalue weighted by Crippen LogP contribution is 2.20. The molecule has 8 heteroatoms. The van der Waals surface area contributed by atoms with E-state index in [2.05, 4.69) is 15.5 Å². The number of nitrogens with one attached hydrogen (secondary N) is 2. The molecule has 0 radical (unpaired) electrons. The summed E-state index contributed by atoms with van der Waals surface area (Å²) in [5, 5.41) is 5.85. The Morgan fingerprint density at radius 1 is 0.914 bits per heavy atom. The number of methoxy groups -OCH3 is 1. The van der Waals surface area contributed by atoms with E-state index in [-0.39, 0.29) is 30.7 Å². The largest absolute Gasteiger partial charge is 0.497 e. The molecule has 3 aromatic rings. The van der Waals surface area contributed by atoms with E-state index in [1.54, 1.807) is 49.6 Å². The van der Waals surface area contributed by atoms with E-state index >= 15 is 0 Å². The van der Waals surface area contributed by atoms with E-state index in [0.717, 1.165) is 30.2 Å². The zero-order valence-corrected chi connectivity index (χ0v) is 19.7. The Kier molecular flexibility index (Phi) is 7.82. The number of halogens is 1. The Bertz CT molecular complexity index is 1140. The number of hydrogen-bond acceptors (Lipinski definition) is 5. The van der Waals surface area contributed by atoms with Gasteiger partial charge in [0.15, 0.2) is 0 Å². The van der Waals surface area contributed by atoms with Gasteiger partial charge < -0.3 is 25.2 Å². The molecule has 1 fully saturated rings. The average molecular weight is 477 g/mol. The highest BCUT2D eigenvalue weighted by molar-refractivity contribution is 5.94. The molecule has 1 aliphatic heterocycles. The van der Waals surface area contributed by atoms with E-state index in [1.807, 2.05) is 29.2 Å². The standard InChI is InChI=1S/C27H29FN4O3/c1-35-24-12-10-23(11-13-24)31-14-16-32(17-15-31)26(33)19-29-22-8-6-20(7-9-22)27(34)30-18-21-4-2-3-5-25(21)28/h2-13,29H,14-19H2,1H3,(H,30,34). The summed E-state index contributed by atoms with van der Waals surface area (Å²) in [6, 6.07) is 21.1. The van der Waals surface area contributed by atoms with Crippen LogP contribution in [0.15, 0.2) is 72.8 Å². The van der Waals surface area contributed by atoms with Crippen molar-refractivity contribution in [1.82, 2.24) is 10.2 Å². The second-order valence-corrected chi connectivity index (χ2v) is 8.27. The number of ether oxygens (including phenoxy) is 1. The number of rotatable bonds is 8. The van der Waals surface area contributed by atoms with Crippen molar-refractivity contribution in [2.75, 3.05) is 50.1 Å². The average Bonchev–Trinajstić information content (AvgIpc) is 2.91. The van der Waals surface area contributed by atoms with Crippen molar-refractivity contribution in [2.45, 2.75) is 6.54 Å². The molecule has 0 atom stereocenters. The first-order chi connectivity index (χ1) is 17.0. The molecule has 3 aromatic carbocycles. The van der Waals surface area contributed by atoms with Gasteiger partial charge in [0.1, 0.15) is 11.6 Å². The molecule has 0 aliphatic carbocycles. The first-order valence-electron chi connectivity index (χ1n) is 11.6. The van der Waals surface area contributed by atoms with Gasteiger partial charge in [-0.05, 0) is 54.6 Å². The number of piperazine rings is 1. The van der Waals surface area contributed by atoms with Gasteiger partial charge >= 0.3 is 0 Å². The quantitative estimate of drug-likeness (QED) is 0.521. The first-order valence-corrected chi connectivity index (χ1v) is 11.6. The van der Waals surface area contributed by atoms with Gasteiger partial charge in [-0.3, -0.25) is 9.59 Å². The fourth-order valence-electron chi connectivity index (χ4n) is 3.96. The smallest absolute Gasteiger partial charge is 0.251 e. The van der Waals surface area contributed by atoms with Gasteiger partial charge in [0, 0.05) is 55.2 Å².